The van der Waals surface area contributed by atoms with Crippen molar-refractivity contribution in [2.75, 3.05) is 24.8 Å². The average molecular weight is 596 g/mol. The maximum absolute atomic E-state index is 13.7. The van der Waals surface area contributed by atoms with Gasteiger partial charge in [0.05, 0.1) is 20.0 Å². The van der Waals surface area contributed by atoms with Crippen LogP contribution in [0.4, 0.5) is 11.8 Å². The van der Waals surface area contributed by atoms with Gasteiger partial charge in [0.2, 0.25) is 5.95 Å². The zero-order chi connectivity index (χ0) is 28.7. The third-order valence-electron chi connectivity index (χ3n) is 6.61. The number of hydrogen-bond donors (Lipinski definition) is 4. The molecule has 1 unspecified atom stereocenters. The van der Waals surface area contributed by atoms with Crippen LogP contribution in [0.3, 0.4) is 0 Å². The zero-order valence-corrected chi connectivity index (χ0v) is 23.7. The van der Waals surface area contributed by atoms with Crippen LogP contribution in [-0.4, -0.2) is 73.5 Å². The number of benzene rings is 1. The Labute approximate surface area is 235 Å². The number of aliphatic hydroxyl groups excluding tert-OH is 1. The van der Waals surface area contributed by atoms with Crippen molar-refractivity contribution in [2.45, 2.75) is 62.1 Å². The number of hydrogen-bond acceptors (Lipinski definition) is 12. The maximum Gasteiger partial charge on any atom is 0.459 e. The molecule has 3 heterocycles. The van der Waals surface area contributed by atoms with Crippen molar-refractivity contribution < 1.29 is 33.0 Å². The molecule has 2 aliphatic rings. The first-order chi connectivity index (χ1) is 19.0. The minimum atomic E-state index is -4.17. The van der Waals surface area contributed by atoms with Crippen LogP contribution in [0.5, 0.6) is 5.75 Å². The molecule has 1 saturated carbocycles. The van der Waals surface area contributed by atoms with Crippen LogP contribution >= 0.6 is 19.3 Å². The number of nitrogens with two attached hydrogens (primary N) is 1. The number of aliphatic hydroxyl groups is 1. The molecule has 0 spiro atoms. The van der Waals surface area contributed by atoms with Gasteiger partial charge in [-0.15, -0.1) is 11.6 Å². The molecule has 16 heteroatoms. The van der Waals surface area contributed by atoms with Gasteiger partial charge in [0.25, 0.3) is 0 Å². The van der Waals surface area contributed by atoms with Crippen molar-refractivity contribution in [1.82, 2.24) is 24.6 Å². The Morgan fingerprint density at radius 3 is 2.75 bits per heavy atom. The topological polar surface area (TPSA) is 185 Å². The molecule has 40 heavy (non-hydrogen) atoms. The van der Waals surface area contributed by atoms with Crippen molar-refractivity contribution in [3.63, 3.8) is 0 Å². The monoisotopic (exact) mass is 595 g/mol. The van der Waals surface area contributed by atoms with Gasteiger partial charge in [-0.25, -0.2) is 9.55 Å². The molecule has 5 N–H and O–H groups in total. The van der Waals surface area contributed by atoms with Gasteiger partial charge in [-0.3, -0.25) is 13.9 Å². The minimum Gasteiger partial charge on any atom is -0.468 e. The summed E-state index contributed by atoms with van der Waals surface area (Å²) in [5.74, 6) is 0.108. The highest BCUT2D eigenvalue weighted by Crippen LogP contribution is 2.48. The quantitative estimate of drug-likeness (QED) is 0.144. The second-order valence-corrected chi connectivity index (χ2v) is 12.4. The van der Waals surface area contributed by atoms with Crippen LogP contribution in [0.25, 0.3) is 11.2 Å². The first-order valence-electron chi connectivity index (χ1n) is 12.6. The minimum absolute atomic E-state index is 0.0388. The SMILES string of the molecule is COC(=O)[C@H](C)NP(=O)(OC[C@H]1O[C@@H](n2cnc3c(NC4CC4)nc(N)nc32)[C@](C)(Cl)[C@@H]1O)Oc1ccccc1. The lowest BCUT2D eigenvalue weighted by atomic mass is 10.0. The molecule has 216 valence electrons. The van der Waals surface area contributed by atoms with Gasteiger partial charge in [0.15, 0.2) is 23.2 Å². The maximum atomic E-state index is 13.7. The summed E-state index contributed by atoms with van der Waals surface area (Å²) >= 11 is 6.82. The predicted molar refractivity (Wildman–Crippen MR) is 146 cm³/mol. The standard InChI is InChI=1S/C24H31ClN7O7P/c1-13(21(34)36-3)31-40(35,39-15-7-5-4-6-8-15)37-11-16-18(33)24(2,25)22(38-16)32-12-27-17-19(28-14-9-10-14)29-23(26)30-20(17)32/h4-8,12-14,16,18,22,33H,9-11H2,1-3H3,(H,31,35)(H3,26,28,29,30)/t13-,16+,18+,22+,24+,40?/m0/s1. The number of nitrogens with one attached hydrogen (secondary N) is 2. The number of rotatable bonds is 11. The number of ether oxygens (including phenoxy) is 2. The second kappa shape index (κ2) is 11.1. The van der Waals surface area contributed by atoms with E-state index in [1.807, 2.05) is 0 Å². The molecule has 1 aromatic carbocycles. The average Bonchev–Trinajstić information content (AvgIpc) is 3.59. The molecule has 6 atom stereocenters. The molecule has 0 amide bonds. The molecule has 0 bridgehead atoms. The smallest absolute Gasteiger partial charge is 0.459 e. The summed E-state index contributed by atoms with van der Waals surface area (Å²) in [6.07, 6.45) is 0.260. The van der Waals surface area contributed by atoms with E-state index in [1.54, 1.807) is 41.8 Å². The zero-order valence-electron chi connectivity index (χ0n) is 22.1. The van der Waals surface area contributed by atoms with Crippen LogP contribution in [-0.2, 0) is 23.4 Å². The number of carbonyl (C=O) groups excluding carboxylic acids is 1. The number of esters is 1. The van der Waals surface area contributed by atoms with Gasteiger partial charge >= 0.3 is 13.7 Å². The largest absolute Gasteiger partial charge is 0.468 e. The molecule has 3 aromatic rings. The number of halogens is 1. The number of nitrogens with zero attached hydrogens (tertiary/aromatic N) is 4. The highest BCUT2D eigenvalue weighted by atomic mass is 35.5. The van der Waals surface area contributed by atoms with E-state index in [2.05, 4.69) is 25.4 Å². The van der Waals surface area contributed by atoms with Crippen molar-refractivity contribution in [3.8, 4) is 5.75 Å². The Hall–Kier alpha value is -3.00. The van der Waals surface area contributed by atoms with Gasteiger partial charge in [-0.05, 0) is 38.8 Å². The van der Waals surface area contributed by atoms with Crippen molar-refractivity contribution in [3.05, 3.63) is 36.7 Å². The Kier molecular flexibility index (Phi) is 7.92. The fraction of sp³-hybridized carbons (Fsp3) is 0.500. The van der Waals surface area contributed by atoms with Crippen LogP contribution in [0.2, 0.25) is 0 Å². The number of fused-ring (bicyclic) bond motifs is 1. The molecule has 1 aliphatic carbocycles. The Morgan fingerprint density at radius 1 is 1.35 bits per heavy atom. The van der Waals surface area contributed by atoms with E-state index in [-0.39, 0.29) is 11.7 Å². The van der Waals surface area contributed by atoms with Gasteiger partial charge < -0.3 is 30.2 Å². The van der Waals surface area contributed by atoms with Gasteiger partial charge in [-0.1, -0.05) is 18.2 Å². The molecule has 2 aromatic heterocycles. The van der Waals surface area contributed by atoms with Gasteiger partial charge in [0.1, 0.15) is 28.9 Å². The van der Waals surface area contributed by atoms with Crippen molar-refractivity contribution in [1.29, 1.82) is 0 Å². The van der Waals surface area contributed by atoms with Crippen molar-refractivity contribution in [2.24, 2.45) is 0 Å². The Morgan fingerprint density at radius 2 is 2.08 bits per heavy atom. The molecule has 1 aliphatic heterocycles. The molecule has 5 rings (SSSR count). The van der Waals surface area contributed by atoms with Crippen LogP contribution in [0.1, 0.15) is 32.9 Å². The lowest BCUT2D eigenvalue weighted by molar-refractivity contribution is -0.142. The number of aromatic nitrogens is 4. The number of alkyl halides is 1. The number of imidazole rings is 1. The molecule has 0 radical (unpaired) electrons. The number of anilines is 2. The highest BCUT2D eigenvalue weighted by Gasteiger charge is 2.54. The summed E-state index contributed by atoms with van der Waals surface area (Å²) in [5, 5.41) is 17.0. The van der Waals surface area contributed by atoms with E-state index >= 15 is 0 Å². The fourth-order valence-corrected chi connectivity index (χ4v) is 6.12. The van der Waals surface area contributed by atoms with E-state index in [0.29, 0.717) is 23.0 Å². The second-order valence-electron chi connectivity index (χ2n) is 9.87. The summed E-state index contributed by atoms with van der Waals surface area (Å²) in [6.45, 7) is 2.65. The summed E-state index contributed by atoms with van der Waals surface area (Å²) < 4.78 is 37.4. The van der Waals surface area contributed by atoms with E-state index in [0.717, 1.165) is 12.8 Å². The van der Waals surface area contributed by atoms with E-state index in [1.165, 1.54) is 20.4 Å². The number of methoxy groups -OCH3 is 1. The van der Waals surface area contributed by atoms with Crippen molar-refractivity contribution >= 4 is 48.2 Å². The van der Waals surface area contributed by atoms with E-state index in [9.17, 15) is 14.5 Å². The number of carbonyl (C=O) groups is 1. The van der Waals surface area contributed by atoms with Gasteiger partial charge in [0, 0.05) is 6.04 Å². The third-order valence-corrected chi connectivity index (χ3v) is 8.66. The molecule has 1 saturated heterocycles. The highest BCUT2D eigenvalue weighted by molar-refractivity contribution is 7.52. The number of para-hydroxylation sites is 1. The van der Waals surface area contributed by atoms with Crippen LogP contribution < -0.4 is 20.7 Å². The summed E-state index contributed by atoms with van der Waals surface area (Å²) in [4.78, 5) is 23.7. The third kappa shape index (κ3) is 5.87. The Balaban J connectivity index is 1.37. The summed E-state index contributed by atoms with van der Waals surface area (Å²) in [5.41, 5.74) is 6.82. The Bertz CT molecular complexity index is 1420. The van der Waals surface area contributed by atoms with Crippen LogP contribution in [0, 0.1) is 0 Å². The van der Waals surface area contributed by atoms with Gasteiger partial charge in [-0.2, -0.15) is 15.1 Å². The van der Waals surface area contributed by atoms with E-state index < -0.39 is 49.7 Å². The summed E-state index contributed by atoms with van der Waals surface area (Å²) in [7, 11) is -2.97. The molecular weight excluding hydrogens is 565 g/mol. The predicted octanol–water partition coefficient (Wildman–Crippen LogP) is 2.59. The molecule has 14 nitrogen and oxygen atoms in total. The molecule has 2 fully saturated rings. The first-order valence-corrected chi connectivity index (χ1v) is 14.6. The summed E-state index contributed by atoms with van der Waals surface area (Å²) in [6, 6.07) is 7.57. The normalized spacial score (nSPS) is 26.8. The van der Waals surface area contributed by atoms with E-state index in [4.69, 9.17) is 35.9 Å². The number of nitrogen functional groups attached to an aromatic ring is 1. The molecular formula is C24H31ClN7O7P. The first kappa shape index (κ1) is 28.5. The van der Waals surface area contributed by atoms with Crippen LogP contribution in [0.15, 0.2) is 36.7 Å². The lowest BCUT2D eigenvalue weighted by Gasteiger charge is -2.26. The lowest BCUT2D eigenvalue weighted by Crippen LogP contribution is -2.40. The fourth-order valence-electron chi connectivity index (χ4n) is 4.33.